The van der Waals surface area contributed by atoms with Crippen LogP contribution in [0.15, 0.2) is 60.7 Å². The molecule has 21 heavy (non-hydrogen) atoms. The molecule has 0 aliphatic carbocycles. The maximum absolute atomic E-state index is 11.8. The Morgan fingerprint density at radius 1 is 1.14 bits per heavy atom. The lowest BCUT2D eigenvalue weighted by atomic mass is 10.0. The van der Waals surface area contributed by atoms with E-state index in [0.717, 1.165) is 5.56 Å². The SMILES string of the molecule is CC(CNC(=O)/C=C/c1ccc(N)cc1)c1ccccc1. The van der Waals surface area contributed by atoms with Gasteiger partial charge in [-0.3, -0.25) is 4.79 Å². The summed E-state index contributed by atoms with van der Waals surface area (Å²) >= 11 is 0. The lowest BCUT2D eigenvalue weighted by Crippen LogP contribution is -2.25. The fourth-order valence-corrected chi connectivity index (χ4v) is 1.99. The molecular formula is C18H20N2O. The van der Waals surface area contributed by atoms with Gasteiger partial charge in [-0.25, -0.2) is 0 Å². The highest BCUT2D eigenvalue weighted by Gasteiger charge is 2.05. The van der Waals surface area contributed by atoms with Gasteiger partial charge in [0, 0.05) is 18.3 Å². The van der Waals surface area contributed by atoms with Crippen molar-refractivity contribution in [2.24, 2.45) is 0 Å². The molecule has 0 saturated heterocycles. The summed E-state index contributed by atoms with van der Waals surface area (Å²) in [6.07, 6.45) is 3.32. The number of anilines is 1. The molecule has 2 rings (SSSR count). The summed E-state index contributed by atoms with van der Waals surface area (Å²) in [6.45, 7) is 2.72. The molecule has 2 aromatic carbocycles. The first kappa shape index (κ1) is 14.9. The minimum Gasteiger partial charge on any atom is -0.399 e. The van der Waals surface area contributed by atoms with Crippen molar-refractivity contribution in [2.75, 3.05) is 12.3 Å². The number of nitrogens with two attached hydrogens (primary N) is 1. The molecule has 1 atom stereocenters. The average Bonchev–Trinajstić information content (AvgIpc) is 2.53. The van der Waals surface area contributed by atoms with Crippen LogP contribution in [0.3, 0.4) is 0 Å². The fourth-order valence-electron chi connectivity index (χ4n) is 1.99. The third-order valence-electron chi connectivity index (χ3n) is 3.31. The Labute approximate surface area is 125 Å². The van der Waals surface area contributed by atoms with Gasteiger partial charge in [-0.2, -0.15) is 0 Å². The third kappa shape index (κ3) is 4.80. The average molecular weight is 280 g/mol. The molecule has 2 aromatic rings. The Hall–Kier alpha value is -2.55. The van der Waals surface area contributed by atoms with E-state index in [1.807, 2.05) is 42.5 Å². The van der Waals surface area contributed by atoms with Crippen molar-refractivity contribution >= 4 is 17.7 Å². The summed E-state index contributed by atoms with van der Waals surface area (Å²) in [5, 5.41) is 2.91. The Kier molecular flexibility index (Phi) is 5.16. The standard InChI is InChI=1S/C18H20N2O/c1-14(16-5-3-2-4-6-16)13-20-18(21)12-9-15-7-10-17(19)11-8-15/h2-12,14H,13,19H2,1H3,(H,20,21)/b12-9+. The van der Waals surface area contributed by atoms with Gasteiger partial charge >= 0.3 is 0 Å². The van der Waals surface area contributed by atoms with Crippen LogP contribution in [0.25, 0.3) is 6.08 Å². The number of nitrogens with one attached hydrogen (secondary N) is 1. The van der Waals surface area contributed by atoms with Crippen LogP contribution in [0.4, 0.5) is 5.69 Å². The molecule has 3 N–H and O–H groups in total. The van der Waals surface area contributed by atoms with Crippen LogP contribution in [0.5, 0.6) is 0 Å². The smallest absolute Gasteiger partial charge is 0.244 e. The third-order valence-corrected chi connectivity index (χ3v) is 3.31. The number of nitrogen functional groups attached to an aromatic ring is 1. The van der Waals surface area contributed by atoms with Crippen LogP contribution in [0, 0.1) is 0 Å². The van der Waals surface area contributed by atoms with Gasteiger partial charge in [0.25, 0.3) is 0 Å². The van der Waals surface area contributed by atoms with E-state index in [2.05, 4.69) is 24.4 Å². The summed E-state index contributed by atoms with van der Waals surface area (Å²) in [5.74, 6) is 0.203. The summed E-state index contributed by atoms with van der Waals surface area (Å²) in [6, 6.07) is 17.5. The molecule has 3 heteroatoms. The highest BCUT2D eigenvalue weighted by Crippen LogP contribution is 2.13. The van der Waals surface area contributed by atoms with Crippen LogP contribution in [0.1, 0.15) is 24.0 Å². The molecule has 1 amide bonds. The monoisotopic (exact) mass is 280 g/mol. The van der Waals surface area contributed by atoms with Crippen molar-refractivity contribution in [1.29, 1.82) is 0 Å². The molecule has 0 fully saturated rings. The van der Waals surface area contributed by atoms with E-state index in [-0.39, 0.29) is 5.91 Å². The maximum Gasteiger partial charge on any atom is 0.244 e. The predicted octanol–water partition coefficient (Wildman–Crippen LogP) is 3.20. The van der Waals surface area contributed by atoms with Gasteiger partial charge in [0.1, 0.15) is 0 Å². The van der Waals surface area contributed by atoms with Gasteiger partial charge < -0.3 is 11.1 Å². The molecule has 0 saturated carbocycles. The van der Waals surface area contributed by atoms with Gasteiger partial charge in [0.15, 0.2) is 0 Å². The second kappa shape index (κ2) is 7.29. The number of amides is 1. The Morgan fingerprint density at radius 3 is 2.48 bits per heavy atom. The molecule has 1 unspecified atom stereocenters. The molecule has 108 valence electrons. The van der Waals surface area contributed by atoms with Crippen LogP contribution < -0.4 is 11.1 Å². The first-order valence-electron chi connectivity index (χ1n) is 7.01. The van der Waals surface area contributed by atoms with E-state index < -0.39 is 0 Å². The second-order valence-electron chi connectivity index (χ2n) is 5.06. The van der Waals surface area contributed by atoms with Gasteiger partial charge in [0.05, 0.1) is 0 Å². The van der Waals surface area contributed by atoms with Gasteiger partial charge in [-0.15, -0.1) is 0 Å². The first-order valence-corrected chi connectivity index (χ1v) is 7.01. The Morgan fingerprint density at radius 2 is 1.81 bits per heavy atom. The van der Waals surface area contributed by atoms with Crippen molar-refractivity contribution < 1.29 is 4.79 Å². The highest BCUT2D eigenvalue weighted by atomic mass is 16.1. The van der Waals surface area contributed by atoms with E-state index in [4.69, 9.17) is 5.73 Å². The Balaban J connectivity index is 1.83. The van der Waals surface area contributed by atoms with Gasteiger partial charge in [-0.05, 0) is 35.3 Å². The quantitative estimate of drug-likeness (QED) is 0.652. The molecule has 0 spiro atoms. The molecule has 3 nitrogen and oxygen atoms in total. The van der Waals surface area contributed by atoms with Crippen LogP contribution >= 0.6 is 0 Å². The van der Waals surface area contributed by atoms with Crippen molar-refractivity contribution in [3.63, 3.8) is 0 Å². The number of hydrogen-bond acceptors (Lipinski definition) is 2. The van der Waals surface area contributed by atoms with Crippen LogP contribution in [-0.4, -0.2) is 12.5 Å². The normalized spacial score (nSPS) is 12.2. The molecule has 0 aromatic heterocycles. The topological polar surface area (TPSA) is 55.1 Å². The molecule has 0 heterocycles. The molecule has 0 aliphatic rings. The van der Waals surface area contributed by atoms with Crippen molar-refractivity contribution in [1.82, 2.24) is 5.32 Å². The molecular weight excluding hydrogens is 260 g/mol. The second-order valence-corrected chi connectivity index (χ2v) is 5.06. The van der Waals surface area contributed by atoms with E-state index in [0.29, 0.717) is 18.2 Å². The molecule has 0 bridgehead atoms. The predicted molar refractivity (Wildman–Crippen MR) is 87.8 cm³/mol. The zero-order valence-corrected chi connectivity index (χ0v) is 12.1. The van der Waals surface area contributed by atoms with E-state index in [1.54, 1.807) is 12.2 Å². The van der Waals surface area contributed by atoms with Crippen LogP contribution in [0.2, 0.25) is 0 Å². The van der Waals surface area contributed by atoms with Crippen molar-refractivity contribution in [3.8, 4) is 0 Å². The summed E-state index contributed by atoms with van der Waals surface area (Å²) < 4.78 is 0. The zero-order valence-electron chi connectivity index (χ0n) is 12.1. The minimum atomic E-state index is -0.0883. The lowest BCUT2D eigenvalue weighted by molar-refractivity contribution is -0.116. The largest absolute Gasteiger partial charge is 0.399 e. The number of carbonyl (C=O) groups excluding carboxylic acids is 1. The zero-order chi connectivity index (χ0) is 15.1. The minimum absolute atomic E-state index is 0.0883. The van der Waals surface area contributed by atoms with Crippen LogP contribution in [-0.2, 0) is 4.79 Å². The summed E-state index contributed by atoms with van der Waals surface area (Å²) in [7, 11) is 0. The first-order chi connectivity index (χ1) is 10.1. The molecule has 0 aliphatic heterocycles. The van der Waals surface area contributed by atoms with Gasteiger partial charge in [-0.1, -0.05) is 49.4 Å². The van der Waals surface area contributed by atoms with E-state index in [9.17, 15) is 4.79 Å². The summed E-state index contributed by atoms with van der Waals surface area (Å²) in [5.41, 5.74) is 8.51. The number of benzene rings is 2. The fraction of sp³-hybridized carbons (Fsp3) is 0.167. The number of rotatable bonds is 5. The number of hydrogen-bond donors (Lipinski definition) is 2. The van der Waals surface area contributed by atoms with E-state index in [1.165, 1.54) is 5.56 Å². The van der Waals surface area contributed by atoms with Crippen molar-refractivity contribution in [3.05, 3.63) is 71.8 Å². The Bertz CT molecular complexity index is 603. The van der Waals surface area contributed by atoms with Gasteiger partial charge in [0.2, 0.25) is 5.91 Å². The van der Waals surface area contributed by atoms with E-state index >= 15 is 0 Å². The maximum atomic E-state index is 11.8. The van der Waals surface area contributed by atoms with Crippen molar-refractivity contribution in [2.45, 2.75) is 12.8 Å². The molecule has 0 radical (unpaired) electrons. The number of carbonyl (C=O) groups is 1. The lowest BCUT2D eigenvalue weighted by Gasteiger charge is -2.11. The summed E-state index contributed by atoms with van der Waals surface area (Å²) in [4.78, 5) is 11.8. The highest BCUT2D eigenvalue weighted by molar-refractivity contribution is 5.91.